The van der Waals surface area contributed by atoms with Crippen LogP contribution in [0.1, 0.15) is 16.7 Å². The molecule has 0 aliphatic carbocycles. The molecule has 0 N–H and O–H groups in total. The summed E-state index contributed by atoms with van der Waals surface area (Å²) >= 11 is 3.52. The van der Waals surface area contributed by atoms with Crippen LogP contribution in [0.3, 0.4) is 0 Å². The lowest BCUT2D eigenvalue weighted by Crippen LogP contribution is -2.44. The number of ether oxygens (including phenoxy) is 2. The first-order chi connectivity index (χ1) is 12.7. The number of para-hydroxylation sites is 1. The van der Waals surface area contributed by atoms with Crippen LogP contribution in [0.4, 0.5) is 0 Å². The van der Waals surface area contributed by atoms with Gasteiger partial charge in [0.15, 0.2) is 0 Å². The van der Waals surface area contributed by atoms with Crippen molar-refractivity contribution in [3.63, 3.8) is 0 Å². The smallest absolute Gasteiger partial charge is 0.299 e. The molecule has 26 heavy (non-hydrogen) atoms. The van der Waals surface area contributed by atoms with Crippen molar-refractivity contribution in [2.75, 3.05) is 0 Å². The third-order valence-corrected chi connectivity index (χ3v) is 5.15. The van der Waals surface area contributed by atoms with Crippen LogP contribution in [0.2, 0.25) is 0 Å². The molecule has 0 saturated heterocycles. The van der Waals surface area contributed by atoms with Crippen LogP contribution in [0.5, 0.6) is 11.5 Å². The number of rotatable bonds is 1. The molecule has 1 spiro atoms. The largest absolute Gasteiger partial charge is 0.444 e. The predicted molar refractivity (Wildman–Crippen MR) is 108 cm³/mol. The zero-order valence-corrected chi connectivity index (χ0v) is 15.4. The Bertz CT molecular complexity index is 1050. The number of benzene rings is 3. The van der Waals surface area contributed by atoms with Gasteiger partial charge in [-0.05, 0) is 42.0 Å². The Morgan fingerprint density at radius 1 is 0.731 bits per heavy atom. The minimum Gasteiger partial charge on any atom is -0.444 e. The molecule has 0 amide bonds. The molecule has 3 aromatic carbocycles. The van der Waals surface area contributed by atoms with Gasteiger partial charge in [0.1, 0.15) is 11.5 Å². The number of hydrogen-bond acceptors (Lipinski definition) is 2. The van der Waals surface area contributed by atoms with Crippen LogP contribution in [0.25, 0.3) is 17.7 Å². The van der Waals surface area contributed by atoms with E-state index >= 15 is 0 Å². The Balaban J connectivity index is 1.70. The molecule has 0 bridgehead atoms. The number of fused-ring (bicyclic) bond motifs is 2. The fourth-order valence-corrected chi connectivity index (χ4v) is 3.79. The van der Waals surface area contributed by atoms with Crippen molar-refractivity contribution in [1.82, 2.24) is 0 Å². The lowest BCUT2D eigenvalue weighted by Gasteiger charge is -2.39. The summed E-state index contributed by atoms with van der Waals surface area (Å²) in [6, 6.07) is 24.3. The van der Waals surface area contributed by atoms with Crippen molar-refractivity contribution < 1.29 is 9.47 Å². The first-order valence-electron chi connectivity index (χ1n) is 8.47. The molecule has 3 aromatic rings. The average Bonchev–Trinajstić information content (AvgIpc) is 2.68. The fraction of sp³-hybridized carbons (Fsp3) is 0.0435. The van der Waals surface area contributed by atoms with Gasteiger partial charge in [-0.2, -0.15) is 0 Å². The summed E-state index contributed by atoms with van der Waals surface area (Å²) in [6.07, 6.45) is 6.22. The third-order valence-electron chi connectivity index (χ3n) is 4.66. The van der Waals surface area contributed by atoms with Crippen LogP contribution >= 0.6 is 15.9 Å². The maximum absolute atomic E-state index is 6.44. The Hall–Kier alpha value is -2.78. The van der Waals surface area contributed by atoms with E-state index in [0.29, 0.717) is 0 Å². The predicted octanol–water partition coefficient (Wildman–Crippen LogP) is 6.18. The summed E-state index contributed by atoms with van der Waals surface area (Å²) < 4.78 is 13.9. The lowest BCUT2D eigenvalue weighted by molar-refractivity contribution is -0.0212. The highest BCUT2D eigenvalue weighted by atomic mass is 79.9. The van der Waals surface area contributed by atoms with Crippen molar-refractivity contribution in [1.29, 1.82) is 0 Å². The summed E-state index contributed by atoms with van der Waals surface area (Å²) in [6.45, 7) is 0. The summed E-state index contributed by atoms with van der Waals surface area (Å²) in [5, 5.41) is 0. The van der Waals surface area contributed by atoms with Crippen molar-refractivity contribution in [3.05, 3.63) is 100 Å². The van der Waals surface area contributed by atoms with E-state index in [4.69, 9.17) is 9.47 Å². The Morgan fingerprint density at radius 3 is 2.31 bits per heavy atom. The van der Waals surface area contributed by atoms with E-state index in [0.717, 1.165) is 38.2 Å². The minimum atomic E-state index is -0.976. The van der Waals surface area contributed by atoms with Gasteiger partial charge in [0.25, 0.3) is 5.79 Å². The Labute approximate surface area is 160 Å². The monoisotopic (exact) mass is 402 g/mol. The van der Waals surface area contributed by atoms with Crippen molar-refractivity contribution in [3.8, 4) is 11.5 Å². The van der Waals surface area contributed by atoms with Gasteiger partial charge in [-0.25, -0.2) is 0 Å². The second-order valence-electron chi connectivity index (χ2n) is 6.35. The van der Waals surface area contributed by atoms with Gasteiger partial charge in [-0.15, -0.1) is 0 Å². The van der Waals surface area contributed by atoms with Gasteiger partial charge in [0.05, 0.1) is 0 Å². The van der Waals surface area contributed by atoms with Gasteiger partial charge < -0.3 is 9.47 Å². The highest BCUT2D eigenvalue weighted by molar-refractivity contribution is 9.10. The normalized spacial score (nSPS) is 19.8. The Morgan fingerprint density at radius 2 is 1.46 bits per heavy atom. The second kappa shape index (κ2) is 5.89. The molecular weight excluding hydrogens is 388 g/mol. The van der Waals surface area contributed by atoms with Gasteiger partial charge in [0.2, 0.25) is 0 Å². The van der Waals surface area contributed by atoms with E-state index in [1.54, 1.807) is 0 Å². The molecule has 0 saturated carbocycles. The fourth-order valence-electron chi connectivity index (χ4n) is 3.41. The van der Waals surface area contributed by atoms with Gasteiger partial charge in [-0.1, -0.05) is 64.5 Å². The molecule has 2 heterocycles. The van der Waals surface area contributed by atoms with E-state index in [1.807, 2.05) is 60.7 Å². The molecule has 1 unspecified atom stereocenters. The van der Waals surface area contributed by atoms with Crippen LogP contribution in [0, 0.1) is 0 Å². The molecule has 126 valence electrons. The summed E-state index contributed by atoms with van der Waals surface area (Å²) in [5.41, 5.74) is 4.14. The van der Waals surface area contributed by atoms with E-state index in [9.17, 15) is 0 Å². The molecule has 2 aliphatic heterocycles. The van der Waals surface area contributed by atoms with Crippen LogP contribution < -0.4 is 9.47 Å². The maximum Gasteiger partial charge on any atom is 0.299 e. The molecule has 2 aliphatic rings. The van der Waals surface area contributed by atoms with Crippen LogP contribution in [-0.2, 0) is 0 Å². The maximum atomic E-state index is 6.44. The van der Waals surface area contributed by atoms with E-state index in [2.05, 4.69) is 46.3 Å². The number of halogens is 1. The minimum absolute atomic E-state index is 0.803. The van der Waals surface area contributed by atoms with Gasteiger partial charge in [0, 0.05) is 27.2 Å². The summed E-state index contributed by atoms with van der Waals surface area (Å²) in [7, 11) is 0. The lowest BCUT2D eigenvalue weighted by atomic mass is 9.90. The zero-order chi connectivity index (χ0) is 17.6. The molecule has 0 aromatic heterocycles. The highest BCUT2D eigenvalue weighted by Crippen LogP contribution is 2.45. The Kier molecular flexibility index (Phi) is 3.50. The molecule has 1 atom stereocenters. The first kappa shape index (κ1) is 15.5. The molecule has 5 rings (SSSR count). The van der Waals surface area contributed by atoms with Crippen molar-refractivity contribution >= 4 is 33.7 Å². The molecule has 3 heteroatoms. The molecule has 0 radical (unpaired) electrons. The summed E-state index contributed by atoms with van der Waals surface area (Å²) in [4.78, 5) is 0. The van der Waals surface area contributed by atoms with E-state index in [-0.39, 0.29) is 0 Å². The van der Waals surface area contributed by atoms with Gasteiger partial charge >= 0.3 is 0 Å². The van der Waals surface area contributed by atoms with E-state index < -0.39 is 5.79 Å². The van der Waals surface area contributed by atoms with Crippen molar-refractivity contribution in [2.45, 2.75) is 5.79 Å². The third kappa shape index (κ3) is 2.47. The zero-order valence-electron chi connectivity index (χ0n) is 13.9. The first-order valence-corrected chi connectivity index (χ1v) is 9.26. The van der Waals surface area contributed by atoms with Gasteiger partial charge in [-0.3, -0.25) is 0 Å². The topological polar surface area (TPSA) is 18.5 Å². The average molecular weight is 403 g/mol. The van der Waals surface area contributed by atoms with E-state index in [1.165, 1.54) is 0 Å². The molecule has 2 nitrogen and oxygen atoms in total. The van der Waals surface area contributed by atoms with Crippen LogP contribution in [0.15, 0.2) is 83.3 Å². The molecular formula is C23H15BrO2. The standard InChI is InChI=1S/C23H15BrO2/c24-19-10-11-22-18(14-19)12-13-23(26-22)20(16-6-2-1-3-7-16)15-17-8-4-5-9-21(17)25-23/h1-15H. The summed E-state index contributed by atoms with van der Waals surface area (Å²) in [5.74, 6) is 0.644. The molecule has 0 fully saturated rings. The SMILES string of the molecule is Brc1ccc2c(c1)C=CC1(Oc3ccccc3C=C1c1ccccc1)O2. The number of hydrogen-bond donors (Lipinski definition) is 0. The highest BCUT2D eigenvalue weighted by Gasteiger charge is 2.43. The second-order valence-corrected chi connectivity index (χ2v) is 7.26. The van der Waals surface area contributed by atoms with Crippen LogP contribution in [-0.4, -0.2) is 5.79 Å². The van der Waals surface area contributed by atoms with Crippen molar-refractivity contribution in [2.24, 2.45) is 0 Å². The quantitative estimate of drug-likeness (QED) is 0.483.